The fourth-order valence-corrected chi connectivity index (χ4v) is 3.51. The summed E-state index contributed by atoms with van der Waals surface area (Å²) < 4.78 is 16.7. The minimum atomic E-state index is -0.615. The molecule has 0 unspecified atom stereocenters. The Kier molecular flexibility index (Phi) is 9.18. The molecule has 0 saturated carbocycles. The van der Waals surface area contributed by atoms with Gasteiger partial charge in [0.25, 0.3) is 11.8 Å². The normalized spacial score (nSPS) is 10.6. The van der Waals surface area contributed by atoms with Crippen LogP contribution in [0.25, 0.3) is 0 Å². The van der Waals surface area contributed by atoms with E-state index in [2.05, 4.69) is 31.8 Å². The first kappa shape index (κ1) is 26.4. The molecule has 0 aliphatic carbocycles. The molecule has 0 bridgehead atoms. The maximum absolute atomic E-state index is 12.7. The number of hydrazone groups is 1. The number of aryl methyl sites for hydroxylation is 1. The number of esters is 1. The van der Waals surface area contributed by atoms with Crippen molar-refractivity contribution in [1.29, 1.82) is 0 Å². The highest BCUT2D eigenvalue weighted by atomic mass is 79.9. The molecule has 186 valence electrons. The summed E-state index contributed by atoms with van der Waals surface area (Å²) in [5.74, 6) is -0.395. The van der Waals surface area contributed by atoms with E-state index in [1.54, 1.807) is 42.5 Å². The predicted octanol–water partition coefficient (Wildman–Crippen LogP) is 3.87. The minimum Gasteiger partial charge on any atom is -0.493 e. The Morgan fingerprint density at radius 2 is 1.67 bits per heavy atom. The second-order valence-electron chi connectivity index (χ2n) is 7.43. The third kappa shape index (κ3) is 6.92. The molecule has 3 aromatic rings. The monoisotopic (exact) mass is 553 g/mol. The lowest BCUT2D eigenvalue weighted by Crippen LogP contribution is -2.35. The summed E-state index contributed by atoms with van der Waals surface area (Å²) in [6.07, 6.45) is 1.34. The van der Waals surface area contributed by atoms with E-state index in [0.29, 0.717) is 27.1 Å². The smallest absolute Gasteiger partial charge is 0.343 e. The first-order valence-electron chi connectivity index (χ1n) is 10.7. The van der Waals surface area contributed by atoms with Gasteiger partial charge in [-0.3, -0.25) is 9.59 Å². The number of ether oxygens (including phenoxy) is 3. The molecule has 3 aromatic carbocycles. The molecule has 2 N–H and O–H groups in total. The molecule has 0 spiro atoms. The van der Waals surface area contributed by atoms with Gasteiger partial charge in [-0.2, -0.15) is 5.10 Å². The van der Waals surface area contributed by atoms with Crippen LogP contribution in [0.5, 0.6) is 17.2 Å². The van der Waals surface area contributed by atoms with Crippen LogP contribution < -0.4 is 25.0 Å². The highest BCUT2D eigenvalue weighted by Crippen LogP contribution is 2.29. The van der Waals surface area contributed by atoms with Crippen LogP contribution in [0.1, 0.15) is 31.8 Å². The number of hydrogen-bond donors (Lipinski definition) is 2. The van der Waals surface area contributed by atoms with Crippen molar-refractivity contribution in [1.82, 2.24) is 10.7 Å². The van der Waals surface area contributed by atoms with Crippen molar-refractivity contribution < 1.29 is 28.6 Å². The number of benzene rings is 3. The second-order valence-corrected chi connectivity index (χ2v) is 8.35. The maximum Gasteiger partial charge on any atom is 0.343 e. The average Bonchev–Trinajstić information content (AvgIpc) is 2.88. The number of halogens is 1. The molecule has 0 atom stereocenters. The molecule has 10 heteroatoms. The first-order chi connectivity index (χ1) is 17.3. The molecular weight excluding hydrogens is 530 g/mol. The molecule has 2 amide bonds. The van der Waals surface area contributed by atoms with Crippen molar-refractivity contribution in [2.45, 2.75) is 6.92 Å². The molecule has 0 aromatic heterocycles. The fraction of sp³-hybridized carbons (Fsp3) is 0.154. The number of carbonyl (C=O) groups is 3. The lowest BCUT2D eigenvalue weighted by molar-refractivity contribution is -0.120. The molecule has 36 heavy (non-hydrogen) atoms. The van der Waals surface area contributed by atoms with Crippen LogP contribution in [0.4, 0.5) is 0 Å². The standard InChI is InChI=1S/C26H24BrN3O6/c1-16-6-4-5-7-20(16)25(32)28-15-24(31)30-29-14-18-12-19(27)9-11-21(18)36-26(33)17-8-10-22(34-2)23(13-17)35-3/h4-14H,15H2,1-3H3,(H,28,32)(H,30,31)/b29-14-. The summed E-state index contributed by atoms with van der Waals surface area (Å²) in [5.41, 5.74) is 4.33. The van der Waals surface area contributed by atoms with Gasteiger partial charge in [0.1, 0.15) is 5.75 Å². The highest BCUT2D eigenvalue weighted by Gasteiger charge is 2.15. The lowest BCUT2D eigenvalue weighted by atomic mass is 10.1. The summed E-state index contributed by atoms with van der Waals surface area (Å²) >= 11 is 3.36. The van der Waals surface area contributed by atoms with Crippen molar-refractivity contribution in [3.63, 3.8) is 0 Å². The van der Waals surface area contributed by atoms with E-state index >= 15 is 0 Å². The topological polar surface area (TPSA) is 115 Å². The maximum atomic E-state index is 12.7. The molecule has 3 rings (SSSR count). The molecule has 0 saturated heterocycles. The second kappa shape index (κ2) is 12.5. The Bertz CT molecular complexity index is 1310. The third-order valence-corrected chi connectivity index (χ3v) is 5.48. The Hall–Kier alpha value is -4.18. The zero-order chi connectivity index (χ0) is 26.1. The predicted molar refractivity (Wildman–Crippen MR) is 138 cm³/mol. The van der Waals surface area contributed by atoms with E-state index in [0.717, 1.165) is 5.56 Å². The molecule has 0 fully saturated rings. The van der Waals surface area contributed by atoms with Gasteiger partial charge in [-0.15, -0.1) is 0 Å². The molecule has 0 aliphatic rings. The Morgan fingerprint density at radius 1 is 0.944 bits per heavy atom. The molecule has 0 heterocycles. The third-order valence-electron chi connectivity index (χ3n) is 4.99. The molecule has 0 aliphatic heterocycles. The van der Waals surface area contributed by atoms with Gasteiger partial charge in [-0.05, 0) is 55.0 Å². The van der Waals surface area contributed by atoms with Crippen molar-refractivity contribution in [3.05, 3.63) is 87.4 Å². The van der Waals surface area contributed by atoms with Crippen molar-refractivity contribution in [2.75, 3.05) is 20.8 Å². The van der Waals surface area contributed by atoms with Crippen LogP contribution in [0.15, 0.2) is 70.2 Å². The average molecular weight is 554 g/mol. The van der Waals surface area contributed by atoms with Gasteiger partial charge in [0.05, 0.1) is 32.5 Å². The van der Waals surface area contributed by atoms with Gasteiger partial charge in [0, 0.05) is 15.6 Å². The Labute approximate surface area is 216 Å². The van der Waals surface area contributed by atoms with E-state index in [9.17, 15) is 14.4 Å². The van der Waals surface area contributed by atoms with Crippen LogP contribution in [0.3, 0.4) is 0 Å². The quantitative estimate of drug-likeness (QED) is 0.180. The van der Waals surface area contributed by atoms with Gasteiger partial charge in [0.2, 0.25) is 0 Å². The van der Waals surface area contributed by atoms with E-state index in [1.807, 2.05) is 19.1 Å². The number of amides is 2. The zero-order valence-corrected chi connectivity index (χ0v) is 21.4. The van der Waals surface area contributed by atoms with Crippen molar-refractivity contribution >= 4 is 39.9 Å². The summed E-state index contributed by atoms with van der Waals surface area (Å²) in [5, 5.41) is 6.47. The number of carbonyl (C=O) groups excluding carboxylic acids is 3. The van der Waals surface area contributed by atoms with E-state index in [-0.39, 0.29) is 23.8 Å². The Morgan fingerprint density at radius 3 is 2.39 bits per heavy atom. The molecule has 9 nitrogen and oxygen atoms in total. The summed E-state index contributed by atoms with van der Waals surface area (Å²) in [7, 11) is 2.97. The van der Waals surface area contributed by atoms with Crippen molar-refractivity contribution in [3.8, 4) is 17.2 Å². The van der Waals surface area contributed by atoms with E-state index < -0.39 is 11.9 Å². The SMILES string of the molecule is COc1ccc(C(=O)Oc2ccc(Br)cc2/C=N\NC(=O)CNC(=O)c2ccccc2C)cc1OC. The van der Waals surface area contributed by atoms with Crippen LogP contribution in [-0.2, 0) is 4.79 Å². The number of rotatable bonds is 9. The molecular formula is C26H24BrN3O6. The van der Waals surface area contributed by atoms with E-state index in [1.165, 1.54) is 26.5 Å². The summed E-state index contributed by atoms with van der Waals surface area (Å²) in [6.45, 7) is 1.55. The van der Waals surface area contributed by atoms with Crippen molar-refractivity contribution in [2.24, 2.45) is 5.10 Å². The fourth-order valence-electron chi connectivity index (χ4n) is 3.13. The summed E-state index contributed by atoms with van der Waals surface area (Å²) in [4.78, 5) is 37.1. The van der Waals surface area contributed by atoms with Gasteiger partial charge in [0.15, 0.2) is 11.5 Å². The zero-order valence-electron chi connectivity index (χ0n) is 19.8. The van der Waals surface area contributed by atoms with Crippen LogP contribution in [0.2, 0.25) is 0 Å². The van der Waals surface area contributed by atoms with Crippen LogP contribution in [-0.4, -0.2) is 44.8 Å². The minimum absolute atomic E-state index is 0.226. The van der Waals surface area contributed by atoms with Gasteiger partial charge < -0.3 is 19.5 Å². The van der Waals surface area contributed by atoms with E-state index in [4.69, 9.17) is 14.2 Å². The van der Waals surface area contributed by atoms with Gasteiger partial charge >= 0.3 is 5.97 Å². The first-order valence-corrected chi connectivity index (χ1v) is 11.5. The van der Waals surface area contributed by atoms with Gasteiger partial charge in [-0.1, -0.05) is 34.1 Å². The number of methoxy groups -OCH3 is 2. The number of nitrogens with zero attached hydrogens (tertiary/aromatic N) is 1. The largest absolute Gasteiger partial charge is 0.493 e. The number of nitrogens with one attached hydrogen (secondary N) is 2. The summed E-state index contributed by atoms with van der Waals surface area (Å²) in [6, 6.07) is 16.7. The highest BCUT2D eigenvalue weighted by molar-refractivity contribution is 9.10. The Balaban J connectivity index is 1.63. The van der Waals surface area contributed by atoms with Crippen LogP contribution >= 0.6 is 15.9 Å². The van der Waals surface area contributed by atoms with Gasteiger partial charge in [-0.25, -0.2) is 10.2 Å². The lowest BCUT2D eigenvalue weighted by Gasteiger charge is -2.11. The number of hydrogen-bond acceptors (Lipinski definition) is 7. The molecule has 0 radical (unpaired) electrons. The van der Waals surface area contributed by atoms with Crippen LogP contribution in [0, 0.1) is 6.92 Å².